The number of rotatable bonds is 3. The third-order valence-corrected chi connectivity index (χ3v) is 5.59. The molecule has 0 aliphatic carbocycles. The number of nitrogens with zero attached hydrogens (tertiary/aromatic N) is 1. The molecule has 0 aromatic heterocycles. The molecule has 110 valence electrons. The zero-order chi connectivity index (χ0) is 14.8. The molecule has 1 atom stereocenters. The molecule has 1 heterocycles. The molecule has 20 heavy (non-hydrogen) atoms. The number of benzene rings is 1. The highest BCUT2D eigenvalue weighted by molar-refractivity contribution is 7.92. The second kappa shape index (κ2) is 6.11. The fourth-order valence-electron chi connectivity index (χ4n) is 2.00. The van der Waals surface area contributed by atoms with E-state index in [-0.39, 0.29) is 10.8 Å². The lowest BCUT2D eigenvalue weighted by Crippen LogP contribution is -2.47. The molecule has 1 saturated heterocycles. The van der Waals surface area contributed by atoms with Crippen LogP contribution in [-0.4, -0.2) is 50.8 Å². The van der Waals surface area contributed by atoms with Gasteiger partial charge in [-0.25, -0.2) is 8.42 Å². The smallest absolute Gasteiger partial charge is 0.241 e. The third kappa shape index (κ3) is 3.13. The molecule has 1 amide bonds. The standard InChI is InChI=1S/C13H16ClNO4S/c1-10(13(16)15-6-8-19-9-7-15)20(17,18)12-4-2-11(14)3-5-12/h2-5,10H,6-9H2,1H3. The predicted octanol–water partition coefficient (Wildman–Crippen LogP) is 1.36. The summed E-state index contributed by atoms with van der Waals surface area (Å²) >= 11 is 5.74. The molecule has 1 aromatic rings. The van der Waals surface area contributed by atoms with Crippen LogP contribution < -0.4 is 0 Å². The van der Waals surface area contributed by atoms with E-state index in [1.165, 1.54) is 36.1 Å². The van der Waals surface area contributed by atoms with Crippen molar-refractivity contribution in [1.82, 2.24) is 4.90 Å². The number of hydrogen-bond acceptors (Lipinski definition) is 4. The van der Waals surface area contributed by atoms with E-state index in [2.05, 4.69) is 0 Å². The molecule has 1 unspecified atom stereocenters. The summed E-state index contributed by atoms with van der Waals surface area (Å²) in [7, 11) is -3.69. The van der Waals surface area contributed by atoms with Crippen molar-refractivity contribution < 1.29 is 17.9 Å². The first-order valence-corrected chi connectivity index (χ1v) is 8.21. The summed E-state index contributed by atoms with van der Waals surface area (Å²) in [5, 5.41) is -0.655. The van der Waals surface area contributed by atoms with Gasteiger partial charge in [-0.3, -0.25) is 4.79 Å². The molecule has 0 N–H and O–H groups in total. The van der Waals surface area contributed by atoms with E-state index in [0.29, 0.717) is 31.3 Å². The Balaban J connectivity index is 2.20. The van der Waals surface area contributed by atoms with Gasteiger partial charge in [0.25, 0.3) is 0 Å². The molecule has 0 radical (unpaired) electrons. The van der Waals surface area contributed by atoms with E-state index in [0.717, 1.165) is 0 Å². The minimum Gasteiger partial charge on any atom is -0.378 e. The minimum atomic E-state index is -3.69. The van der Waals surface area contributed by atoms with Crippen LogP contribution in [0.2, 0.25) is 5.02 Å². The predicted molar refractivity (Wildman–Crippen MR) is 75.5 cm³/mol. The van der Waals surface area contributed by atoms with Gasteiger partial charge >= 0.3 is 0 Å². The maximum atomic E-state index is 12.4. The Morgan fingerprint density at radius 2 is 1.80 bits per heavy atom. The van der Waals surface area contributed by atoms with Crippen molar-refractivity contribution in [2.45, 2.75) is 17.1 Å². The van der Waals surface area contributed by atoms with Gasteiger partial charge in [0.05, 0.1) is 18.1 Å². The minimum absolute atomic E-state index is 0.107. The summed E-state index contributed by atoms with van der Waals surface area (Å²) in [6, 6.07) is 5.84. The molecule has 0 spiro atoms. The quantitative estimate of drug-likeness (QED) is 0.844. The first-order valence-electron chi connectivity index (χ1n) is 6.29. The number of halogens is 1. The second-order valence-corrected chi connectivity index (χ2v) is 7.28. The normalized spacial score (nSPS) is 17.8. The van der Waals surface area contributed by atoms with E-state index < -0.39 is 15.1 Å². The summed E-state index contributed by atoms with van der Waals surface area (Å²) in [6.07, 6.45) is 0. The number of sulfone groups is 1. The van der Waals surface area contributed by atoms with E-state index in [9.17, 15) is 13.2 Å². The van der Waals surface area contributed by atoms with Crippen LogP contribution in [0.1, 0.15) is 6.92 Å². The molecule has 2 rings (SSSR count). The van der Waals surface area contributed by atoms with Gasteiger partial charge in [0.2, 0.25) is 5.91 Å². The molecule has 1 aliphatic rings. The van der Waals surface area contributed by atoms with Crippen LogP contribution >= 0.6 is 11.6 Å². The zero-order valence-electron chi connectivity index (χ0n) is 11.1. The van der Waals surface area contributed by atoms with Crippen molar-refractivity contribution in [3.8, 4) is 0 Å². The van der Waals surface area contributed by atoms with E-state index in [4.69, 9.17) is 16.3 Å². The van der Waals surface area contributed by atoms with Crippen LogP contribution in [0, 0.1) is 0 Å². The van der Waals surface area contributed by atoms with Crippen molar-refractivity contribution >= 4 is 27.3 Å². The fraction of sp³-hybridized carbons (Fsp3) is 0.462. The van der Waals surface area contributed by atoms with E-state index in [1.54, 1.807) is 0 Å². The summed E-state index contributed by atoms with van der Waals surface area (Å²) in [5.41, 5.74) is 0. The Bertz CT molecular complexity index is 579. The third-order valence-electron chi connectivity index (χ3n) is 3.28. The van der Waals surface area contributed by atoms with Gasteiger partial charge < -0.3 is 9.64 Å². The maximum absolute atomic E-state index is 12.4. The molecular formula is C13H16ClNO4S. The highest BCUT2D eigenvalue weighted by Crippen LogP contribution is 2.20. The number of ether oxygens (including phenoxy) is 1. The molecule has 5 nitrogen and oxygen atoms in total. The van der Waals surface area contributed by atoms with Crippen molar-refractivity contribution in [3.63, 3.8) is 0 Å². The molecule has 1 aliphatic heterocycles. The van der Waals surface area contributed by atoms with Crippen LogP contribution in [0.4, 0.5) is 0 Å². The van der Waals surface area contributed by atoms with Crippen LogP contribution in [0.5, 0.6) is 0 Å². The fourth-order valence-corrected chi connectivity index (χ4v) is 3.47. The summed E-state index contributed by atoms with van der Waals surface area (Å²) in [6.45, 7) is 3.17. The van der Waals surface area contributed by atoms with E-state index in [1.807, 2.05) is 0 Å². The van der Waals surface area contributed by atoms with Crippen LogP contribution in [-0.2, 0) is 19.4 Å². The molecular weight excluding hydrogens is 302 g/mol. The largest absolute Gasteiger partial charge is 0.378 e. The summed E-state index contributed by atoms with van der Waals surface area (Å²) in [4.78, 5) is 13.9. The molecule has 0 saturated carbocycles. The zero-order valence-corrected chi connectivity index (χ0v) is 12.7. The number of amides is 1. The lowest BCUT2D eigenvalue weighted by Gasteiger charge is -2.29. The van der Waals surface area contributed by atoms with Gasteiger partial charge in [-0.2, -0.15) is 0 Å². The summed E-state index contributed by atoms with van der Waals surface area (Å²) < 4.78 is 30.0. The van der Waals surface area contributed by atoms with Crippen molar-refractivity contribution in [3.05, 3.63) is 29.3 Å². The monoisotopic (exact) mass is 317 g/mol. The van der Waals surface area contributed by atoms with Gasteiger partial charge in [-0.05, 0) is 31.2 Å². The average molecular weight is 318 g/mol. The van der Waals surface area contributed by atoms with Gasteiger partial charge in [0.1, 0.15) is 5.25 Å². The average Bonchev–Trinajstić information content (AvgIpc) is 2.47. The topological polar surface area (TPSA) is 63.7 Å². The number of hydrogen-bond donors (Lipinski definition) is 0. The van der Waals surface area contributed by atoms with Crippen molar-refractivity contribution in [2.75, 3.05) is 26.3 Å². The van der Waals surface area contributed by atoms with Gasteiger partial charge in [-0.1, -0.05) is 11.6 Å². The Kier molecular flexibility index (Phi) is 4.67. The Morgan fingerprint density at radius 1 is 1.25 bits per heavy atom. The Labute approximate surface area is 123 Å². The lowest BCUT2D eigenvalue weighted by atomic mass is 10.3. The highest BCUT2D eigenvalue weighted by atomic mass is 35.5. The number of morpholine rings is 1. The molecule has 0 bridgehead atoms. The molecule has 1 fully saturated rings. The van der Waals surface area contributed by atoms with Crippen LogP contribution in [0.25, 0.3) is 0 Å². The van der Waals surface area contributed by atoms with Crippen molar-refractivity contribution in [1.29, 1.82) is 0 Å². The van der Waals surface area contributed by atoms with Gasteiger partial charge in [0.15, 0.2) is 9.84 Å². The summed E-state index contributed by atoms with van der Waals surface area (Å²) in [5.74, 6) is -0.386. The van der Waals surface area contributed by atoms with Crippen LogP contribution in [0.15, 0.2) is 29.2 Å². The van der Waals surface area contributed by atoms with E-state index >= 15 is 0 Å². The number of carbonyl (C=O) groups excluding carboxylic acids is 1. The Morgan fingerprint density at radius 3 is 2.35 bits per heavy atom. The lowest BCUT2D eigenvalue weighted by molar-refractivity contribution is -0.134. The van der Waals surface area contributed by atoms with Crippen LogP contribution in [0.3, 0.4) is 0 Å². The SMILES string of the molecule is CC(C(=O)N1CCOCC1)S(=O)(=O)c1ccc(Cl)cc1. The van der Waals surface area contributed by atoms with Gasteiger partial charge in [-0.15, -0.1) is 0 Å². The maximum Gasteiger partial charge on any atom is 0.241 e. The first-order chi connectivity index (χ1) is 9.43. The van der Waals surface area contributed by atoms with Gasteiger partial charge in [0, 0.05) is 18.1 Å². The molecule has 1 aromatic carbocycles. The highest BCUT2D eigenvalue weighted by Gasteiger charge is 2.33. The Hall–Kier alpha value is -1.11. The second-order valence-electron chi connectivity index (χ2n) is 4.58. The molecule has 7 heteroatoms. The first kappa shape index (κ1) is 15.3. The number of carbonyl (C=O) groups is 1. The van der Waals surface area contributed by atoms with Crippen molar-refractivity contribution in [2.24, 2.45) is 0 Å².